The topological polar surface area (TPSA) is 49.3 Å². The molecule has 0 radical (unpaired) electrons. The number of aliphatic hydroxyl groups is 1. The monoisotopic (exact) mass is 179 g/mol. The molecule has 1 aliphatic carbocycles. The Hall–Kier alpha value is -1.51. The molecule has 0 aliphatic heterocycles. The molecule has 3 heteroatoms. The summed E-state index contributed by atoms with van der Waals surface area (Å²) in [6.07, 6.45) is 7.10. The lowest BCUT2D eigenvalue weighted by atomic mass is 10.1. The molecule has 0 fully saturated rings. The highest BCUT2D eigenvalue weighted by atomic mass is 16.3. The van der Waals surface area contributed by atoms with E-state index in [1.54, 1.807) is 19.2 Å². The van der Waals surface area contributed by atoms with E-state index in [9.17, 15) is 9.90 Å². The third-order valence-corrected chi connectivity index (χ3v) is 1.89. The van der Waals surface area contributed by atoms with Crippen molar-refractivity contribution < 1.29 is 9.90 Å². The maximum Gasteiger partial charge on any atom is 0.124 e. The van der Waals surface area contributed by atoms with Crippen LogP contribution in [0.4, 0.5) is 0 Å². The Balaban J connectivity index is 2.92. The Morgan fingerprint density at radius 1 is 1.62 bits per heavy atom. The molecule has 0 unspecified atom stereocenters. The normalized spacial score (nSPS) is 16.5. The Labute approximate surface area is 77.5 Å². The molecule has 1 rings (SSSR count). The standard InChI is InChI=1S/C10H13NO2/c1-11-10-4-2-3-9(13)7-8(10)5-6-12/h3-4,6-7,11,13H,2,5H2,1H3. The zero-order valence-electron chi connectivity index (χ0n) is 7.58. The van der Waals surface area contributed by atoms with Crippen LogP contribution in [0.15, 0.2) is 35.3 Å². The van der Waals surface area contributed by atoms with E-state index in [1.165, 1.54) is 0 Å². The maximum absolute atomic E-state index is 10.4. The van der Waals surface area contributed by atoms with Crippen LogP contribution in [0.5, 0.6) is 0 Å². The highest BCUT2D eigenvalue weighted by Crippen LogP contribution is 2.16. The van der Waals surface area contributed by atoms with Gasteiger partial charge in [0.05, 0.1) is 0 Å². The summed E-state index contributed by atoms with van der Waals surface area (Å²) in [5, 5.41) is 12.3. The summed E-state index contributed by atoms with van der Waals surface area (Å²) in [7, 11) is 1.80. The van der Waals surface area contributed by atoms with Crippen LogP contribution in [-0.4, -0.2) is 18.4 Å². The average Bonchev–Trinajstić information content (AvgIpc) is 2.28. The molecule has 0 saturated carbocycles. The van der Waals surface area contributed by atoms with Gasteiger partial charge in [-0.3, -0.25) is 0 Å². The molecule has 0 atom stereocenters. The Bertz CT molecular complexity index is 287. The summed E-state index contributed by atoms with van der Waals surface area (Å²) in [5.41, 5.74) is 1.73. The fraction of sp³-hybridized carbons (Fsp3) is 0.300. The van der Waals surface area contributed by atoms with Gasteiger partial charge in [-0.05, 0) is 24.1 Å². The zero-order valence-corrected chi connectivity index (χ0v) is 7.58. The lowest BCUT2D eigenvalue weighted by Gasteiger charge is -2.07. The molecule has 0 amide bonds. The number of allylic oxidation sites excluding steroid dienone is 4. The van der Waals surface area contributed by atoms with Crippen LogP contribution < -0.4 is 5.32 Å². The van der Waals surface area contributed by atoms with Crippen molar-refractivity contribution in [2.75, 3.05) is 7.05 Å². The molecular formula is C10H13NO2. The van der Waals surface area contributed by atoms with Crippen LogP contribution in [0.2, 0.25) is 0 Å². The summed E-state index contributed by atoms with van der Waals surface area (Å²) in [4.78, 5) is 10.4. The van der Waals surface area contributed by atoms with E-state index in [4.69, 9.17) is 0 Å². The number of carbonyl (C=O) groups is 1. The first-order valence-corrected chi connectivity index (χ1v) is 4.19. The van der Waals surface area contributed by atoms with Crippen molar-refractivity contribution in [1.29, 1.82) is 0 Å². The first-order valence-electron chi connectivity index (χ1n) is 4.19. The molecular weight excluding hydrogens is 166 g/mol. The molecule has 0 aromatic rings. The van der Waals surface area contributed by atoms with Crippen molar-refractivity contribution in [3.05, 3.63) is 35.3 Å². The molecule has 0 bridgehead atoms. The van der Waals surface area contributed by atoms with E-state index in [2.05, 4.69) is 5.32 Å². The second-order valence-corrected chi connectivity index (χ2v) is 2.77. The van der Waals surface area contributed by atoms with Crippen LogP contribution in [0.3, 0.4) is 0 Å². The van der Waals surface area contributed by atoms with Crippen molar-refractivity contribution in [3.8, 4) is 0 Å². The van der Waals surface area contributed by atoms with Crippen molar-refractivity contribution in [2.45, 2.75) is 12.8 Å². The van der Waals surface area contributed by atoms with E-state index in [1.807, 2.05) is 6.08 Å². The van der Waals surface area contributed by atoms with Crippen LogP contribution in [-0.2, 0) is 4.79 Å². The summed E-state index contributed by atoms with van der Waals surface area (Å²) in [6.45, 7) is 0. The van der Waals surface area contributed by atoms with Gasteiger partial charge >= 0.3 is 0 Å². The van der Waals surface area contributed by atoms with Gasteiger partial charge in [0, 0.05) is 19.2 Å². The van der Waals surface area contributed by atoms with Crippen molar-refractivity contribution in [1.82, 2.24) is 5.32 Å². The first-order chi connectivity index (χ1) is 6.27. The Morgan fingerprint density at radius 3 is 3.00 bits per heavy atom. The lowest BCUT2D eigenvalue weighted by molar-refractivity contribution is -0.107. The van der Waals surface area contributed by atoms with Crippen molar-refractivity contribution in [3.63, 3.8) is 0 Å². The quantitative estimate of drug-likeness (QED) is 0.645. The molecule has 70 valence electrons. The zero-order chi connectivity index (χ0) is 9.68. The SMILES string of the molecule is CNC1=CCC=C(O)C=C1CC=O. The van der Waals surface area contributed by atoms with Gasteiger partial charge in [-0.1, -0.05) is 6.08 Å². The smallest absolute Gasteiger partial charge is 0.124 e. The molecule has 3 nitrogen and oxygen atoms in total. The molecule has 0 saturated heterocycles. The number of likely N-dealkylation sites (N-methyl/N-ethyl adjacent to an activating group) is 1. The predicted octanol–water partition coefficient (Wildman–Crippen LogP) is 1.45. The molecule has 0 spiro atoms. The summed E-state index contributed by atoms with van der Waals surface area (Å²) in [6, 6.07) is 0. The Kier molecular flexibility index (Phi) is 3.31. The van der Waals surface area contributed by atoms with Gasteiger partial charge in [-0.2, -0.15) is 0 Å². The van der Waals surface area contributed by atoms with Gasteiger partial charge in [0.1, 0.15) is 12.0 Å². The third kappa shape index (κ3) is 2.47. The largest absolute Gasteiger partial charge is 0.508 e. The summed E-state index contributed by atoms with van der Waals surface area (Å²) >= 11 is 0. The average molecular weight is 179 g/mol. The van der Waals surface area contributed by atoms with E-state index < -0.39 is 0 Å². The number of carbonyl (C=O) groups excluding carboxylic acids is 1. The molecule has 0 aromatic heterocycles. The summed E-state index contributed by atoms with van der Waals surface area (Å²) in [5.74, 6) is 0.221. The van der Waals surface area contributed by atoms with Crippen LogP contribution >= 0.6 is 0 Å². The number of nitrogens with one attached hydrogen (secondary N) is 1. The lowest BCUT2D eigenvalue weighted by Crippen LogP contribution is -2.08. The highest BCUT2D eigenvalue weighted by molar-refractivity contribution is 5.58. The third-order valence-electron chi connectivity index (χ3n) is 1.89. The van der Waals surface area contributed by atoms with E-state index in [-0.39, 0.29) is 5.76 Å². The Morgan fingerprint density at radius 2 is 2.38 bits per heavy atom. The molecule has 0 aromatic carbocycles. The molecule has 1 aliphatic rings. The first kappa shape index (κ1) is 9.58. The van der Waals surface area contributed by atoms with Gasteiger partial charge in [0.15, 0.2) is 0 Å². The maximum atomic E-state index is 10.4. The number of aliphatic hydroxyl groups excluding tert-OH is 1. The molecule has 2 N–H and O–H groups in total. The summed E-state index contributed by atoms with van der Waals surface area (Å²) < 4.78 is 0. The van der Waals surface area contributed by atoms with E-state index >= 15 is 0 Å². The second kappa shape index (κ2) is 4.50. The second-order valence-electron chi connectivity index (χ2n) is 2.77. The number of aldehydes is 1. The predicted molar refractivity (Wildman–Crippen MR) is 51.2 cm³/mol. The fourth-order valence-corrected chi connectivity index (χ4v) is 1.27. The van der Waals surface area contributed by atoms with E-state index in [0.29, 0.717) is 12.8 Å². The van der Waals surface area contributed by atoms with Crippen LogP contribution in [0.1, 0.15) is 12.8 Å². The minimum atomic E-state index is 0.221. The van der Waals surface area contributed by atoms with Gasteiger partial charge in [0.2, 0.25) is 0 Å². The molecule has 0 heterocycles. The minimum absolute atomic E-state index is 0.221. The van der Waals surface area contributed by atoms with Crippen LogP contribution in [0.25, 0.3) is 0 Å². The van der Waals surface area contributed by atoms with Gasteiger partial charge in [0.25, 0.3) is 0 Å². The number of hydrogen-bond donors (Lipinski definition) is 2. The van der Waals surface area contributed by atoms with Gasteiger partial charge < -0.3 is 15.2 Å². The number of hydrogen-bond acceptors (Lipinski definition) is 3. The van der Waals surface area contributed by atoms with E-state index in [0.717, 1.165) is 17.6 Å². The van der Waals surface area contributed by atoms with Gasteiger partial charge in [-0.25, -0.2) is 0 Å². The highest BCUT2D eigenvalue weighted by Gasteiger charge is 2.06. The van der Waals surface area contributed by atoms with Crippen LogP contribution in [0, 0.1) is 0 Å². The van der Waals surface area contributed by atoms with Crippen molar-refractivity contribution in [2.24, 2.45) is 0 Å². The number of rotatable bonds is 3. The molecule has 13 heavy (non-hydrogen) atoms. The fourth-order valence-electron chi connectivity index (χ4n) is 1.27. The minimum Gasteiger partial charge on any atom is -0.508 e. The van der Waals surface area contributed by atoms with Gasteiger partial charge in [-0.15, -0.1) is 0 Å². The van der Waals surface area contributed by atoms with Crippen molar-refractivity contribution >= 4 is 6.29 Å².